The number of aryl methyl sites for hydroxylation is 1. The zero-order chi connectivity index (χ0) is 18.5. The first-order valence-corrected chi connectivity index (χ1v) is 8.26. The number of carbonyl (C=O) groups is 2. The van der Waals surface area contributed by atoms with Crippen LogP contribution in [-0.2, 0) is 11.2 Å². The van der Waals surface area contributed by atoms with Crippen LogP contribution in [-0.4, -0.2) is 16.8 Å². The molecule has 1 aromatic heterocycles. The molecule has 0 atom stereocenters. The lowest BCUT2D eigenvalue weighted by molar-refractivity contribution is -0.116. The highest BCUT2D eigenvalue weighted by atomic mass is 19.1. The minimum Gasteiger partial charge on any atom is -0.364 e. The van der Waals surface area contributed by atoms with E-state index in [0.717, 1.165) is 10.9 Å². The van der Waals surface area contributed by atoms with Crippen molar-refractivity contribution >= 4 is 28.4 Å². The maximum Gasteiger partial charge on any atom is 0.267 e. The van der Waals surface area contributed by atoms with Crippen LogP contribution in [0.1, 0.15) is 28.9 Å². The Morgan fingerprint density at radius 3 is 2.54 bits per heavy atom. The average Bonchev–Trinajstić information content (AvgIpc) is 2.63. The molecule has 0 fully saturated rings. The van der Waals surface area contributed by atoms with Crippen molar-refractivity contribution in [2.45, 2.75) is 19.3 Å². The summed E-state index contributed by atoms with van der Waals surface area (Å²) in [6, 6.07) is 14.8. The van der Waals surface area contributed by atoms with Gasteiger partial charge in [-0.1, -0.05) is 18.2 Å². The van der Waals surface area contributed by atoms with Crippen molar-refractivity contribution in [1.82, 2.24) is 4.98 Å². The summed E-state index contributed by atoms with van der Waals surface area (Å²) in [6.07, 6.45) is 1.76. The number of nitrogens with two attached hydrogens (primary N) is 1. The molecule has 2 amide bonds. The molecule has 0 aliphatic heterocycles. The highest BCUT2D eigenvalue weighted by Gasteiger charge is 2.07. The molecule has 26 heavy (non-hydrogen) atoms. The van der Waals surface area contributed by atoms with E-state index in [4.69, 9.17) is 5.73 Å². The van der Waals surface area contributed by atoms with Crippen molar-refractivity contribution in [2.24, 2.45) is 5.73 Å². The number of aromatic nitrogens is 1. The van der Waals surface area contributed by atoms with Crippen LogP contribution < -0.4 is 11.1 Å². The minimum atomic E-state index is -0.578. The molecule has 3 rings (SSSR count). The molecule has 3 N–H and O–H groups in total. The van der Waals surface area contributed by atoms with Gasteiger partial charge in [0.25, 0.3) is 5.91 Å². The SMILES string of the molecule is NC(=O)c1ccc2cc(NC(=O)CCCc3ccc(F)cc3)ccc2n1. The summed E-state index contributed by atoms with van der Waals surface area (Å²) in [5.41, 5.74) is 7.72. The van der Waals surface area contributed by atoms with Crippen LogP contribution in [0.25, 0.3) is 10.9 Å². The van der Waals surface area contributed by atoms with E-state index in [0.29, 0.717) is 30.5 Å². The van der Waals surface area contributed by atoms with Gasteiger partial charge in [0.05, 0.1) is 5.52 Å². The average molecular weight is 351 g/mol. The van der Waals surface area contributed by atoms with E-state index in [9.17, 15) is 14.0 Å². The predicted molar refractivity (Wildman–Crippen MR) is 98.2 cm³/mol. The Morgan fingerprint density at radius 2 is 1.81 bits per heavy atom. The first-order chi connectivity index (χ1) is 12.5. The van der Waals surface area contributed by atoms with Crippen molar-refractivity contribution in [2.75, 3.05) is 5.32 Å². The van der Waals surface area contributed by atoms with E-state index in [1.807, 2.05) is 0 Å². The zero-order valence-electron chi connectivity index (χ0n) is 14.0. The van der Waals surface area contributed by atoms with Crippen LogP contribution >= 0.6 is 0 Å². The van der Waals surface area contributed by atoms with Crippen molar-refractivity contribution < 1.29 is 14.0 Å². The number of pyridine rings is 1. The molecule has 5 nitrogen and oxygen atoms in total. The van der Waals surface area contributed by atoms with Gasteiger partial charge in [-0.15, -0.1) is 0 Å². The van der Waals surface area contributed by atoms with Crippen LogP contribution in [0, 0.1) is 5.82 Å². The molecule has 0 aliphatic rings. The van der Waals surface area contributed by atoms with Gasteiger partial charge >= 0.3 is 0 Å². The van der Waals surface area contributed by atoms with E-state index in [-0.39, 0.29) is 17.4 Å². The summed E-state index contributed by atoms with van der Waals surface area (Å²) >= 11 is 0. The van der Waals surface area contributed by atoms with E-state index >= 15 is 0 Å². The Morgan fingerprint density at radius 1 is 1.04 bits per heavy atom. The monoisotopic (exact) mass is 351 g/mol. The molecule has 0 saturated carbocycles. The highest BCUT2D eigenvalue weighted by molar-refractivity contribution is 5.96. The third-order valence-corrected chi connectivity index (χ3v) is 4.01. The number of rotatable bonds is 6. The van der Waals surface area contributed by atoms with Gasteiger partial charge in [-0.3, -0.25) is 9.59 Å². The minimum absolute atomic E-state index is 0.0897. The Balaban J connectivity index is 1.57. The zero-order valence-corrected chi connectivity index (χ0v) is 14.0. The van der Waals surface area contributed by atoms with Crippen LogP contribution in [0.15, 0.2) is 54.6 Å². The number of amides is 2. The second-order valence-corrected chi connectivity index (χ2v) is 6.00. The third kappa shape index (κ3) is 4.42. The van der Waals surface area contributed by atoms with Gasteiger partial charge in [0, 0.05) is 17.5 Å². The Hall–Kier alpha value is -3.28. The van der Waals surface area contributed by atoms with Crippen LogP contribution in [0.2, 0.25) is 0 Å². The maximum absolute atomic E-state index is 12.9. The molecule has 0 spiro atoms. The molecule has 1 heterocycles. The fourth-order valence-corrected chi connectivity index (χ4v) is 2.67. The summed E-state index contributed by atoms with van der Waals surface area (Å²) in [7, 11) is 0. The number of nitrogens with one attached hydrogen (secondary N) is 1. The molecule has 132 valence electrons. The molecule has 0 saturated heterocycles. The standard InChI is InChI=1S/C20H18FN3O2/c21-15-7-4-13(5-8-15)2-1-3-19(25)23-16-9-11-17-14(12-16)6-10-18(24-17)20(22)26/h4-12H,1-3H2,(H2,22,26)(H,23,25). The van der Waals surface area contributed by atoms with Crippen molar-refractivity contribution in [3.63, 3.8) is 0 Å². The smallest absolute Gasteiger partial charge is 0.267 e. The van der Waals surface area contributed by atoms with Gasteiger partial charge in [0.15, 0.2) is 0 Å². The van der Waals surface area contributed by atoms with Crippen molar-refractivity contribution in [3.8, 4) is 0 Å². The molecule has 0 aliphatic carbocycles. The van der Waals surface area contributed by atoms with Gasteiger partial charge in [-0.25, -0.2) is 9.37 Å². The molecular weight excluding hydrogens is 333 g/mol. The normalized spacial score (nSPS) is 10.7. The van der Waals surface area contributed by atoms with E-state index in [2.05, 4.69) is 10.3 Å². The van der Waals surface area contributed by atoms with Gasteiger partial charge in [0.2, 0.25) is 5.91 Å². The summed E-state index contributed by atoms with van der Waals surface area (Å²) in [4.78, 5) is 27.4. The number of halogens is 1. The number of fused-ring (bicyclic) bond motifs is 1. The molecule has 6 heteroatoms. The molecule has 0 radical (unpaired) electrons. The van der Waals surface area contributed by atoms with Gasteiger partial charge in [-0.05, 0) is 54.8 Å². The number of hydrogen-bond acceptors (Lipinski definition) is 3. The third-order valence-electron chi connectivity index (χ3n) is 4.01. The summed E-state index contributed by atoms with van der Waals surface area (Å²) in [5.74, 6) is -0.932. The van der Waals surface area contributed by atoms with E-state index in [1.54, 1.807) is 42.5 Å². The quantitative estimate of drug-likeness (QED) is 0.713. The Bertz CT molecular complexity index is 955. The lowest BCUT2D eigenvalue weighted by Crippen LogP contribution is -2.13. The largest absolute Gasteiger partial charge is 0.364 e. The molecule has 0 unspecified atom stereocenters. The molecule has 3 aromatic rings. The summed E-state index contributed by atoms with van der Waals surface area (Å²) in [6.45, 7) is 0. The van der Waals surface area contributed by atoms with Gasteiger partial charge in [0.1, 0.15) is 11.5 Å². The Kier molecular flexibility index (Phi) is 5.22. The topological polar surface area (TPSA) is 85.1 Å². The van der Waals surface area contributed by atoms with Crippen molar-refractivity contribution in [3.05, 3.63) is 71.7 Å². The number of primary amides is 1. The molecule has 2 aromatic carbocycles. The van der Waals surface area contributed by atoms with E-state index < -0.39 is 5.91 Å². The van der Waals surface area contributed by atoms with Crippen LogP contribution in [0.3, 0.4) is 0 Å². The lowest BCUT2D eigenvalue weighted by atomic mass is 10.1. The second-order valence-electron chi connectivity index (χ2n) is 6.00. The van der Waals surface area contributed by atoms with Crippen molar-refractivity contribution in [1.29, 1.82) is 0 Å². The van der Waals surface area contributed by atoms with Crippen LogP contribution in [0.4, 0.5) is 10.1 Å². The Labute approximate surface area is 150 Å². The highest BCUT2D eigenvalue weighted by Crippen LogP contribution is 2.18. The van der Waals surface area contributed by atoms with Crippen LogP contribution in [0.5, 0.6) is 0 Å². The lowest BCUT2D eigenvalue weighted by Gasteiger charge is -2.07. The number of benzene rings is 2. The number of nitrogens with zero attached hydrogens (tertiary/aromatic N) is 1. The number of hydrogen-bond donors (Lipinski definition) is 2. The number of carbonyl (C=O) groups excluding carboxylic acids is 2. The van der Waals surface area contributed by atoms with Gasteiger partial charge in [-0.2, -0.15) is 0 Å². The molecule has 0 bridgehead atoms. The maximum atomic E-state index is 12.9. The summed E-state index contributed by atoms with van der Waals surface area (Å²) in [5, 5.41) is 3.65. The number of anilines is 1. The molecular formula is C20H18FN3O2. The first-order valence-electron chi connectivity index (χ1n) is 8.26. The predicted octanol–water partition coefficient (Wildman–Crippen LogP) is 3.43. The van der Waals surface area contributed by atoms with E-state index in [1.165, 1.54) is 12.1 Å². The fourth-order valence-electron chi connectivity index (χ4n) is 2.67. The second kappa shape index (κ2) is 7.74. The first kappa shape index (κ1) is 17.5. The fraction of sp³-hybridized carbons (Fsp3) is 0.150. The summed E-state index contributed by atoms with van der Waals surface area (Å²) < 4.78 is 12.9. The van der Waals surface area contributed by atoms with Gasteiger partial charge < -0.3 is 11.1 Å².